The highest BCUT2D eigenvalue weighted by Crippen LogP contribution is 2.35. The van der Waals surface area contributed by atoms with E-state index >= 15 is 0 Å². The summed E-state index contributed by atoms with van der Waals surface area (Å²) in [4.78, 5) is 19.7. The van der Waals surface area contributed by atoms with E-state index in [0.29, 0.717) is 23.0 Å². The molecule has 3 aromatic rings. The highest BCUT2D eigenvalue weighted by molar-refractivity contribution is 8.18. The Hall–Kier alpha value is -3.51. The lowest BCUT2D eigenvalue weighted by molar-refractivity contribution is -0.113. The number of hydrogen-bond donors (Lipinski definition) is 0. The molecule has 2 heterocycles. The largest absolute Gasteiger partial charge is 0.493 e. The van der Waals surface area contributed by atoms with Gasteiger partial charge in [0.15, 0.2) is 16.7 Å². The highest BCUT2D eigenvalue weighted by Gasteiger charge is 2.28. The molecule has 0 N–H and O–H groups in total. The van der Waals surface area contributed by atoms with Gasteiger partial charge in [-0.05, 0) is 58.6 Å². The fourth-order valence-electron chi connectivity index (χ4n) is 3.97. The van der Waals surface area contributed by atoms with Crippen molar-refractivity contribution in [3.63, 3.8) is 0 Å². The van der Waals surface area contributed by atoms with Crippen molar-refractivity contribution in [2.45, 2.75) is 19.6 Å². The highest BCUT2D eigenvalue weighted by atomic mass is 32.2. The molecule has 5 rings (SSSR count). The number of thioether (sulfide) groups is 1. The first-order chi connectivity index (χ1) is 16.2. The van der Waals surface area contributed by atoms with Crippen LogP contribution in [0, 0.1) is 0 Å². The Balaban J connectivity index is 1.28. The SMILES string of the molecule is COc1cc(/C=C2\SC(N3CCc4ccccc4C3)=NC2=O)ccc1OCc1ccccc1. The molecule has 0 aromatic heterocycles. The molecule has 3 aromatic carbocycles. The van der Waals surface area contributed by atoms with Gasteiger partial charge in [-0.15, -0.1) is 0 Å². The topological polar surface area (TPSA) is 51.1 Å². The monoisotopic (exact) mass is 456 g/mol. The number of aliphatic imine (C=N–C) groups is 1. The number of hydrogen-bond acceptors (Lipinski definition) is 5. The van der Waals surface area contributed by atoms with Crippen molar-refractivity contribution < 1.29 is 14.3 Å². The van der Waals surface area contributed by atoms with Crippen LogP contribution in [0.4, 0.5) is 0 Å². The molecule has 0 fully saturated rings. The maximum Gasteiger partial charge on any atom is 0.286 e. The van der Waals surface area contributed by atoms with Gasteiger partial charge in [0.05, 0.1) is 12.0 Å². The lowest BCUT2D eigenvalue weighted by Crippen LogP contribution is -2.33. The van der Waals surface area contributed by atoms with E-state index < -0.39 is 0 Å². The molecule has 6 heteroatoms. The van der Waals surface area contributed by atoms with Gasteiger partial charge in [0.25, 0.3) is 5.91 Å². The van der Waals surface area contributed by atoms with E-state index in [4.69, 9.17) is 9.47 Å². The van der Waals surface area contributed by atoms with Gasteiger partial charge >= 0.3 is 0 Å². The average molecular weight is 457 g/mol. The summed E-state index contributed by atoms with van der Waals surface area (Å²) in [5, 5.41) is 0.774. The minimum Gasteiger partial charge on any atom is -0.493 e. The number of carbonyl (C=O) groups is 1. The molecule has 0 spiro atoms. The molecule has 2 aliphatic heterocycles. The second-order valence-electron chi connectivity index (χ2n) is 7.94. The number of methoxy groups -OCH3 is 1. The summed E-state index contributed by atoms with van der Waals surface area (Å²) in [6.45, 7) is 2.11. The van der Waals surface area contributed by atoms with Gasteiger partial charge in [-0.2, -0.15) is 4.99 Å². The first-order valence-corrected chi connectivity index (χ1v) is 11.7. The van der Waals surface area contributed by atoms with Crippen molar-refractivity contribution in [3.8, 4) is 11.5 Å². The van der Waals surface area contributed by atoms with Crippen LogP contribution in [-0.4, -0.2) is 29.6 Å². The number of rotatable bonds is 5. The van der Waals surface area contributed by atoms with Crippen LogP contribution in [0.1, 0.15) is 22.3 Å². The number of nitrogens with zero attached hydrogens (tertiary/aromatic N) is 2. The molecule has 0 aliphatic carbocycles. The van der Waals surface area contributed by atoms with Gasteiger partial charge in [0, 0.05) is 13.1 Å². The second kappa shape index (κ2) is 9.55. The van der Waals surface area contributed by atoms with Crippen LogP contribution in [0.25, 0.3) is 6.08 Å². The molecule has 0 unspecified atom stereocenters. The van der Waals surface area contributed by atoms with Gasteiger partial charge in [0.2, 0.25) is 0 Å². The van der Waals surface area contributed by atoms with Crippen LogP contribution in [0.3, 0.4) is 0 Å². The summed E-state index contributed by atoms with van der Waals surface area (Å²) in [6, 6.07) is 24.1. The van der Waals surface area contributed by atoms with Crippen molar-refractivity contribution in [1.82, 2.24) is 4.90 Å². The van der Waals surface area contributed by atoms with Crippen molar-refractivity contribution in [2.75, 3.05) is 13.7 Å². The maximum atomic E-state index is 12.6. The summed E-state index contributed by atoms with van der Waals surface area (Å²) < 4.78 is 11.5. The van der Waals surface area contributed by atoms with E-state index in [9.17, 15) is 4.79 Å². The van der Waals surface area contributed by atoms with E-state index in [-0.39, 0.29) is 5.91 Å². The summed E-state index contributed by atoms with van der Waals surface area (Å²) in [5.74, 6) is 1.10. The summed E-state index contributed by atoms with van der Waals surface area (Å²) >= 11 is 1.44. The van der Waals surface area contributed by atoms with Gasteiger partial charge in [-0.1, -0.05) is 60.7 Å². The Morgan fingerprint density at radius 3 is 2.61 bits per heavy atom. The van der Waals surface area contributed by atoms with Crippen LogP contribution in [0.2, 0.25) is 0 Å². The molecule has 0 atom stereocenters. The molecule has 1 amide bonds. The third kappa shape index (κ3) is 4.81. The van der Waals surface area contributed by atoms with Crippen LogP contribution in [0.15, 0.2) is 82.7 Å². The van der Waals surface area contributed by atoms with E-state index in [2.05, 4.69) is 34.2 Å². The van der Waals surface area contributed by atoms with Gasteiger partial charge in [-0.25, -0.2) is 0 Å². The summed E-state index contributed by atoms with van der Waals surface area (Å²) in [6.07, 6.45) is 2.83. The van der Waals surface area contributed by atoms with Gasteiger partial charge < -0.3 is 14.4 Å². The van der Waals surface area contributed by atoms with Crippen LogP contribution >= 0.6 is 11.8 Å². The number of amidine groups is 1. The molecule has 0 saturated carbocycles. The smallest absolute Gasteiger partial charge is 0.286 e. The fraction of sp³-hybridized carbons (Fsp3) is 0.185. The minimum absolute atomic E-state index is 0.197. The zero-order valence-corrected chi connectivity index (χ0v) is 19.2. The Kier molecular flexibility index (Phi) is 6.17. The predicted molar refractivity (Wildman–Crippen MR) is 132 cm³/mol. The third-order valence-corrected chi connectivity index (χ3v) is 6.78. The normalized spacial score (nSPS) is 16.5. The van der Waals surface area contributed by atoms with E-state index in [0.717, 1.165) is 35.8 Å². The van der Waals surface area contributed by atoms with Gasteiger partial charge in [-0.3, -0.25) is 4.79 Å². The predicted octanol–water partition coefficient (Wildman–Crippen LogP) is 5.30. The van der Waals surface area contributed by atoms with Crippen molar-refractivity contribution >= 4 is 28.9 Å². The first kappa shape index (κ1) is 21.3. The van der Waals surface area contributed by atoms with Crippen LogP contribution < -0.4 is 9.47 Å². The molecule has 5 nitrogen and oxygen atoms in total. The van der Waals surface area contributed by atoms with Crippen LogP contribution in [0.5, 0.6) is 11.5 Å². The second-order valence-corrected chi connectivity index (χ2v) is 8.94. The minimum atomic E-state index is -0.197. The van der Waals surface area contributed by atoms with Crippen molar-refractivity contribution in [1.29, 1.82) is 0 Å². The molecule has 2 aliphatic rings. The fourth-order valence-corrected chi connectivity index (χ4v) is 4.91. The number of carbonyl (C=O) groups excluding carboxylic acids is 1. The molecule has 0 saturated heterocycles. The Morgan fingerprint density at radius 1 is 1.00 bits per heavy atom. The molecular weight excluding hydrogens is 432 g/mol. The number of benzene rings is 3. The number of fused-ring (bicyclic) bond motifs is 1. The molecule has 166 valence electrons. The summed E-state index contributed by atoms with van der Waals surface area (Å²) in [7, 11) is 1.62. The standard InChI is InChI=1S/C27H24N2O3S/c1-31-24-15-20(11-12-23(24)32-18-19-7-3-2-4-8-19)16-25-26(30)28-27(33-25)29-14-13-21-9-5-6-10-22(21)17-29/h2-12,15-16H,13-14,17-18H2,1H3/b25-16-. The number of amides is 1. The van der Waals surface area contributed by atoms with Crippen molar-refractivity contribution in [3.05, 3.63) is 100.0 Å². The van der Waals surface area contributed by atoms with E-state index in [1.807, 2.05) is 54.6 Å². The Labute approximate surface area is 197 Å². The zero-order valence-electron chi connectivity index (χ0n) is 18.4. The lowest BCUT2D eigenvalue weighted by atomic mass is 10.0. The zero-order chi connectivity index (χ0) is 22.6. The lowest BCUT2D eigenvalue weighted by Gasteiger charge is -2.29. The molecule has 0 bridgehead atoms. The summed E-state index contributed by atoms with van der Waals surface area (Å²) in [5.41, 5.74) is 4.63. The molecular formula is C27H24N2O3S. The molecule has 33 heavy (non-hydrogen) atoms. The van der Waals surface area contributed by atoms with Crippen LogP contribution in [-0.2, 0) is 24.4 Å². The van der Waals surface area contributed by atoms with Crippen molar-refractivity contribution in [2.24, 2.45) is 4.99 Å². The average Bonchev–Trinajstić information content (AvgIpc) is 3.23. The Bertz CT molecular complexity index is 1240. The first-order valence-electron chi connectivity index (χ1n) is 10.9. The van der Waals surface area contributed by atoms with Gasteiger partial charge in [0.1, 0.15) is 6.61 Å². The number of ether oxygens (including phenoxy) is 2. The molecule has 0 radical (unpaired) electrons. The van der Waals surface area contributed by atoms with E-state index in [1.165, 1.54) is 22.9 Å². The van der Waals surface area contributed by atoms with E-state index in [1.54, 1.807) is 7.11 Å². The Morgan fingerprint density at radius 2 is 1.79 bits per heavy atom. The quantitative estimate of drug-likeness (QED) is 0.488. The maximum absolute atomic E-state index is 12.6. The third-order valence-electron chi connectivity index (χ3n) is 5.73.